The number of anilines is 1. The van der Waals surface area contributed by atoms with Crippen LogP contribution in [0.2, 0.25) is 0 Å². The largest absolute Gasteiger partial charge is 0.465 e. The van der Waals surface area contributed by atoms with Gasteiger partial charge in [-0.25, -0.2) is 4.79 Å². The smallest absolute Gasteiger partial charge is 0.341 e. The molecule has 9 heteroatoms. The number of amides is 1. The third-order valence-electron chi connectivity index (χ3n) is 4.99. The molecule has 0 saturated heterocycles. The molecular formula is C24H22N4O3S2. The maximum atomic E-state index is 12.8. The summed E-state index contributed by atoms with van der Waals surface area (Å²) in [5, 5.41) is 12.5. The van der Waals surface area contributed by atoms with Crippen LogP contribution in [0.15, 0.2) is 65.8 Å². The predicted molar refractivity (Wildman–Crippen MR) is 132 cm³/mol. The first-order valence-corrected chi connectivity index (χ1v) is 11.9. The summed E-state index contributed by atoms with van der Waals surface area (Å²) in [4.78, 5) is 26.3. The number of hydrogen-bond acceptors (Lipinski definition) is 7. The van der Waals surface area contributed by atoms with Crippen molar-refractivity contribution in [3.05, 3.63) is 71.1 Å². The van der Waals surface area contributed by atoms with Gasteiger partial charge in [-0.3, -0.25) is 4.79 Å². The van der Waals surface area contributed by atoms with Gasteiger partial charge in [0.05, 0.1) is 12.9 Å². The Morgan fingerprint density at radius 1 is 1.03 bits per heavy atom. The Hall–Kier alpha value is -3.43. The molecule has 4 aromatic rings. The quantitative estimate of drug-likeness (QED) is 0.296. The fourth-order valence-corrected chi connectivity index (χ4v) is 5.25. The maximum absolute atomic E-state index is 12.8. The number of thioether (sulfide) groups is 1. The highest BCUT2D eigenvalue weighted by molar-refractivity contribution is 7.99. The van der Waals surface area contributed by atoms with Gasteiger partial charge in [0.15, 0.2) is 11.0 Å². The number of carbonyl (C=O) groups excluding carboxylic acids is 2. The second-order valence-electron chi connectivity index (χ2n) is 7.16. The zero-order valence-corrected chi connectivity index (χ0v) is 20.0. The summed E-state index contributed by atoms with van der Waals surface area (Å²) in [6.07, 6.45) is 0. The molecule has 1 N–H and O–H groups in total. The molecule has 0 aliphatic rings. The second-order valence-corrected chi connectivity index (χ2v) is 9.33. The second kappa shape index (κ2) is 10.0. The van der Waals surface area contributed by atoms with Crippen molar-refractivity contribution in [2.24, 2.45) is 7.05 Å². The van der Waals surface area contributed by atoms with Gasteiger partial charge in [0, 0.05) is 23.1 Å². The molecular weight excluding hydrogens is 456 g/mol. The summed E-state index contributed by atoms with van der Waals surface area (Å²) in [5.74, 6) is 0.129. The van der Waals surface area contributed by atoms with Gasteiger partial charge >= 0.3 is 5.97 Å². The van der Waals surface area contributed by atoms with E-state index in [9.17, 15) is 9.59 Å². The molecule has 0 atom stereocenters. The molecule has 0 aliphatic carbocycles. The van der Waals surface area contributed by atoms with Gasteiger partial charge in [-0.2, -0.15) is 0 Å². The zero-order valence-electron chi connectivity index (χ0n) is 18.4. The number of thiophene rings is 1. The van der Waals surface area contributed by atoms with Gasteiger partial charge in [0.2, 0.25) is 5.91 Å². The Morgan fingerprint density at radius 3 is 2.30 bits per heavy atom. The highest BCUT2D eigenvalue weighted by Crippen LogP contribution is 2.40. The molecule has 0 aliphatic heterocycles. The normalized spacial score (nSPS) is 10.8. The van der Waals surface area contributed by atoms with Crippen molar-refractivity contribution < 1.29 is 14.3 Å². The number of nitrogens with one attached hydrogen (secondary N) is 1. The predicted octanol–water partition coefficient (Wildman–Crippen LogP) is 5.04. The van der Waals surface area contributed by atoms with Gasteiger partial charge in [0.25, 0.3) is 0 Å². The summed E-state index contributed by atoms with van der Waals surface area (Å²) in [7, 11) is 3.21. The van der Waals surface area contributed by atoms with Gasteiger partial charge in [0.1, 0.15) is 10.6 Å². The lowest BCUT2D eigenvalue weighted by molar-refractivity contribution is -0.113. The maximum Gasteiger partial charge on any atom is 0.341 e. The van der Waals surface area contributed by atoms with Crippen LogP contribution >= 0.6 is 23.1 Å². The third-order valence-corrected chi connectivity index (χ3v) is 7.03. The molecule has 2 aromatic heterocycles. The highest BCUT2D eigenvalue weighted by atomic mass is 32.2. The lowest BCUT2D eigenvalue weighted by Crippen LogP contribution is -2.16. The van der Waals surface area contributed by atoms with Crippen LogP contribution in [-0.2, 0) is 16.6 Å². The monoisotopic (exact) mass is 478 g/mol. The van der Waals surface area contributed by atoms with Crippen molar-refractivity contribution in [2.75, 3.05) is 18.2 Å². The van der Waals surface area contributed by atoms with E-state index < -0.39 is 5.97 Å². The molecule has 1 amide bonds. The number of carbonyl (C=O) groups is 2. The van der Waals surface area contributed by atoms with E-state index in [1.54, 1.807) is 0 Å². The molecule has 2 heterocycles. The standard InChI is InChI=1S/C24H22N4O3S2/c1-15-19(16-10-6-4-7-11-16)20(23(30)31-3)22(33-15)25-18(29)14-32-24-27-26-21(28(24)2)17-12-8-5-9-13-17/h4-13H,14H2,1-3H3,(H,25,29). The number of nitrogens with zero attached hydrogens (tertiary/aromatic N) is 3. The van der Waals surface area contributed by atoms with Crippen molar-refractivity contribution in [3.8, 4) is 22.5 Å². The number of methoxy groups -OCH3 is 1. The first-order chi connectivity index (χ1) is 16.0. The summed E-state index contributed by atoms with van der Waals surface area (Å²) < 4.78 is 6.87. The highest BCUT2D eigenvalue weighted by Gasteiger charge is 2.25. The van der Waals surface area contributed by atoms with Gasteiger partial charge in [-0.05, 0) is 12.5 Å². The molecule has 2 aromatic carbocycles. The van der Waals surface area contributed by atoms with E-state index >= 15 is 0 Å². The van der Waals surface area contributed by atoms with Crippen LogP contribution in [0.3, 0.4) is 0 Å². The van der Waals surface area contributed by atoms with Crippen molar-refractivity contribution in [2.45, 2.75) is 12.1 Å². The number of aryl methyl sites for hydroxylation is 1. The Morgan fingerprint density at radius 2 is 1.67 bits per heavy atom. The molecule has 33 heavy (non-hydrogen) atoms. The van der Waals surface area contributed by atoms with E-state index in [0.717, 1.165) is 27.4 Å². The Kier molecular flexibility index (Phi) is 6.90. The van der Waals surface area contributed by atoms with E-state index in [0.29, 0.717) is 15.7 Å². The first kappa shape index (κ1) is 22.8. The van der Waals surface area contributed by atoms with Gasteiger partial charge < -0.3 is 14.6 Å². The molecule has 4 rings (SSSR count). The minimum atomic E-state index is -0.484. The van der Waals surface area contributed by atoms with Crippen LogP contribution in [0.25, 0.3) is 22.5 Å². The van der Waals surface area contributed by atoms with Gasteiger partial charge in [-0.1, -0.05) is 72.4 Å². The lowest BCUT2D eigenvalue weighted by atomic mass is 10.0. The van der Waals surface area contributed by atoms with E-state index in [-0.39, 0.29) is 11.7 Å². The van der Waals surface area contributed by atoms with Crippen LogP contribution in [0.4, 0.5) is 5.00 Å². The number of ether oxygens (including phenoxy) is 1. The number of aromatic nitrogens is 3. The van der Waals surface area contributed by atoms with Crippen molar-refractivity contribution >= 4 is 40.0 Å². The van der Waals surface area contributed by atoms with E-state index in [1.807, 2.05) is 79.2 Å². The molecule has 0 spiro atoms. The first-order valence-electron chi connectivity index (χ1n) is 10.1. The van der Waals surface area contributed by atoms with E-state index in [4.69, 9.17) is 4.74 Å². The number of benzene rings is 2. The van der Waals surface area contributed by atoms with Crippen LogP contribution in [-0.4, -0.2) is 39.5 Å². The number of hydrogen-bond donors (Lipinski definition) is 1. The fourth-order valence-electron chi connectivity index (χ4n) is 3.45. The summed E-state index contributed by atoms with van der Waals surface area (Å²) >= 11 is 2.64. The molecule has 0 radical (unpaired) electrons. The van der Waals surface area contributed by atoms with Crippen LogP contribution in [0, 0.1) is 6.92 Å². The number of rotatable bonds is 7. The van der Waals surface area contributed by atoms with E-state index in [1.165, 1.54) is 30.2 Å². The van der Waals surface area contributed by atoms with Gasteiger partial charge in [-0.15, -0.1) is 21.5 Å². The Labute approximate surface area is 199 Å². The Balaban J connectivity index is 1.52. The van der Waals surface area contributed by atoms with Crippen LogP contribution in [0.1, 0.15) is 15.2 Å². The summed E-state index contributed by atoms with van der Waals surface area (Å²) in [6.45, 7) is 1.93. The SMILES string of the molecule is COC(=O)c1c(NC(=O)CSc2nnc(-c3ccccc3)n2C)sc(C)c1-c1ccccc1. The van der Waals surface area contributed by atoms with Crippen molar-refractivity contribution in [3.63, 3.8) is 0 Å². The zero-order chi connectivity index (χ0) is 23.4. The van der Waals surface area contributed by atoms with Crippen LogP contribution < -0.4 is 5.32 Å². The topological polar surface area (TPSA) is 86.1 Å². The molecule has 0 saturated carbocycles. The fraction of sp³-hybridized carbons (Fsp3) is 0.167. The average Bonchev–Trinajstić information content (AvgIpc) is 3.37. The minimum absolute atomic E-state index is 0.124. The summed E-state index contributed by atoms with van der Waals surface area (Å²) in [5.41, 5.74) is 2.99. The molecule has 0 fully saturated rings. The average molecular weight is 479 g/mol. The molecule has 168 valence electrons. The van der Waals surface area contributed by atoms with Crippen molar-refractivity contribution in [1.82, 2.24) is 14.8 Å². The Bertz CT molecular complexity index is 1280. The third kappa shape index (κ3) is 4.84. The summed E-state index contributed by atoms with van der Waals surface area (Å²) in [6, 6.07) is 19.3. The molecule has 7 nitrogen and oxygen atoms in total. The van der Waals surface area contributed by atoms with E-state index in [2.05, 4.69) is 15.5 Å². The minimum Gasteiger partial charge on any atom is -0.465 e. The number of esters is 1. The van der Waals surface area contributed by atoms with Crippen LogP contribution in [0.5, 0.6) is 0 Å². The molecule has 0 unspecified atom stereocenters. The van der Waals surface area contributed by atoms with Crippen molar-refractivity contribution in [1.29, 1.82) is 0 Å². The lowest BCUT2D eigenvalue weighted by Gasteiger charge is -2.08. The molecule has 0 bridgehead atoms.